The number of hydrogen-bond donors (Lipinski definition) is 0. The van der Waals surface area contributed by atoms with Crippen LogP contribution in [0.1, 0.15) is 109 Å². The Hall–Kier alpha value is -1.87. The van der Waals surface area contributed by atoms with Crippen LogP contribution in [0.3, 0.4) is 0 Å². The summed E-state index contributed by atoms with van der Waals surface area (Å²) in [7, 11) is 0. The maximum Gasteiger partial charge on any atom is 0.249 e. The van der Waals surface area contributed by atoms with Crippen molar-refractivity contribution in [1.82, 2.24) is 4.57 Å². The molecule has 3 heteroatoms. The summed E-state index contributed by atoms with van der Waals surface area (Å²) in [6.07, 6.45) is 6.66. The monoisotopic (exact) mass is 509 g/mol. The summed E-state index contributed by atoms with van der Waals surface area (Å²) in [5, 5.41) is 0. The van der Waals surface area contributed by atoms with Gasteiger partial charge in [0.2, 0.25) is 6.33 Å². The Balaban J connectivity index is 2.09. The Kier molecular flexibility index (Phi) is 7.34. The van der Waals surface area contributed by atoms with Crippen LogP contribution in [0.25, 0.3) is 5.69 Å². The van der Waals surface area contributed by atoms with Crippen LogP contribution in [0.5, 0.6) is 0 Å². The van der Waals surface area contributed by atoms with E-state index in [-0.39, 0.29) is 10.8 Å². The predicted octanol–water partition coefficient (Wildman–Crippen LogP) is 8.42. The first-order valence-corrected chi connectivity index (χ1v) is 13.0. The zero-order chi connectivity index (χ0) is 24.7. The molecule has 2 nitrogen and oxygen atoms in total. The first-order valence-electron chi connectivity index (χ1n) is 12.2. The fourth-order valence-corrected chi connectivity index (χ4v) is 5.35. The second-order valence-corrected chi connectivity index (χ2v) is 12.9. The molecule has 0 atom stereocenters. The number of para-hydroxylation sites is 1. The molecule has 0 amide bonds. The average Bonchev–Trinajstić information content (AvgIpc) is 3.15. The summed E-state index contributed by atoms with van der Waals surface area (Å²) in [5.74, 6) is 0.947. The molecule has 0 saturated heterocycles. The van der Waals surface area contributed by atoms with Gasteiger partial charge in [0, 0.05) is 21.2 Å². The van der Waals surface area contributed by atoms with Crippen molar-refractivity contribution in [1.29, 1.82) is 0 Å². The zero-order valence-electron chi connectivity index (χ0n) is 22.3. The molecule has 33 heavy (non-hydrogen) atoms. The number of hydrogen-bond acceptors (Lipinski definition) is 0. The van der Waals surface area contributed by atoms with E-state index in [9.17, 15) is 0 Å². The zero-order valence-corrected chi connectivity index (χ0v) is 23.8. The van der Waals surface area contributed by atoms with Gasteiger partial charge in [-0.3, -0.25) is 0 Å². The van der Waals surface area contributed by atoms with Gasteiger partial charge in [-0.1, -0.05) is 115 Å². The molecule has 0 N–H and O–H groups in total. The van der Waals surface area contributed by atoms with Crippen molar-refractivity contribution in [2.75, 3.05) is 0 Å². The summed E-state index contributed by atoms with van der Waals surface area (Å²) in [5.41, 5.74) is 8.40. The Morgan fingerprint density at radius 2 is 1.45 bits per heavy atom. The van der Waals surface area contributed by atoms with Crippen LogP contribution < -0.4 is 4.57 Å². The van der Waals surface area contributed by atoms with Gasteiger partial charge in [-0.05, 0) is 33.8 Å². The van der Waals surface area contributed by atoms with E-state index in [1.165, 1.54) is 38.0 Å². The average molecular weight is 511 g/mol. The maximum atomic E-state index is 3.97. The van der Waals surface area contributed by atoms with Crippen LogP contribution in [0.2, 0.25) is 0 Å². The molecule has 2 aromatic carbocycles. The van der Waals surface area contributed by atoms with E-state index >= 15 is 0 Å². The molecule has 0 radical (unpaired) electrons. The SMILES string of the molecule is CC(C)c1cccc(C(C)C)c1-n1cc[n+](Cc2cc(C(C)(C)C)cc(C(C)(C)C)c2Br)c1. The Labute approximate surface area is 210 Å². The van der Waals surface area contributed by atoms with Crippen LogP contribution in [0.4, 0.5) is 0 Å². The number of aromatic nitrogens is 2. The molecule has 0 aliphatic carbocycles. The highest BCUT2D eigenvalue weighted by atomic mass is 79.9. The second-order valence-electron chi connectivity index (χ2n) is 12.1. The molecular weight excluding hydrogens is 468 g/mol. The van der Waals surface area contributed by atoms with Gasteiger partial charge in [0.25, 0.3) is 0 Å². The van der Waals surface area contributed by atoms with Gasteiger partial charge in [-0.15, -0.1) is 0 Å². The van der Waals surface area contributed by atoms with E-state index in [1.807, 2.05) is 0 Å². The molecule has 0 aliphatic rings. The summed E-state index contributed by atoms with van der Waals surface area (Å²) in [4.78, 5) is 0. The highest BCUT2D eigenvalue weighted by Crippen LogP contribution is 2.37. The van der Waals surface area contributed by atoms with Gasteiger partial charge >= 0.3 is 0 Å². The van der Waals surface area contributed by atoms with Gasteiger partial charge in [0.05, 0.1) is 0 Å². The molecule has 0 spiro atoms. The second kappa shape index (κ2) is 9.41. The van der Waals surface area contributed by atoms with Crippen LogP contribution in [-0.2, 0) is 17.4 Å². The number of halogens is 1. The van der Waals surface area contributed by atoms with Crippen LogP contribution in [0.15, 0.2) is 53.5 Å². The van der Waals surface area contributed by atoms with Crippen molar-refractivity contribution in [3.63, 3.8) is 0 Å². The molecule has 3 rings (SSSR count). The minimum Gasteiger partial charge on any atom is -0.232 e. The van der Waals surface area contributed by atoms with Crippen molar-refractivity contribution in [2.45, 2.75) is 98.4 Å². The quantitative estimate of drug-likeness (QED) is 0.305. The van der Waals surface area contributed by atoms with E-state index in [4.69, 9.17) is 0 Å². The van der Waals surface area contributed by atoms with Crippen molar-refractivity contribution in [3.05, 3.63) is 81.3 Å². The van der Waals surface area contributed by atoms with Crippen LogP contribution >= 0.6 is 15.9 Å². The lowest BCUT2D eigenvalue weighted by Crippen LogP contribution is -2.32. The van der Waals surface area contributed by atoms with Crippen molar-refractivity contribution in [3.8, 4) is 5.69 Å². The third kappa shape index (κ3) is 5.62. The smallest absolute Gasteiger partial charge is 0.232 e. The molecule has 1 heterocycles. The van der Waals surface area contributed by atoms with E-state index < -0.39 is 0 Å². The van der Waals surface area contributed by atoms with Gasteiger partial charge in [-0.25, -0.2) is 9.13 Å². The van der Waals surface area contributed by atoms with E-state index in [1.54, 1.807) is 0 Å². The molecule has 178 valence electrons. The number of imidazole rings is 1. The lowest BCUT2D eigenvalue weighted by atomic mass is 9.79. The number of nitrogens with zero attached hydrogens (tertiary/aromatic N) is 2. The predicted molar refractivity (Wildman–Crippen MR) is 145 cm³/mol. The fraction of sp³-hybridized carbons (Fsp3) is 0.500. The first-order chi connectivity index (χ1) is 15.2. The van der Waals surface area contributed by atoms with Gasteiger partial charge < -0.3 is 0 Å². The molecule has 0 bridgehead atoms. The molecule has 0 fully saturated rings. The lowest BCUT2D eigenvalue weighted by Gasteiger charge is -2.27. The molecule has 3 aromatic rings. The fourth-order valence-electron chi connectivity index (χ4n) is 4.41. The minimum atomic E-state index is 0.0772. The van der Waals surface area contributed by atoms with Crippen LogP contribution in [-0.4, -0.2) is 4.57 Å². The summed E-state index contributed by atoms with van der Waals surface area (Å²) >= 11 is 3.97. The van der Waals surface area contributed by atoms with E-state index in [0.29, 0.717) is 11.8 Å². The molecule has 0 aliphatic heterocycles. The minimum absolute atomic E-state index is 0.0772. The van der Waals surface area contributed by atoms with Crippen molar-refractivity contribution >= 4 is 15.9 Å². The largest absolute Gasteiger partial charge is 0.249 e. The Morgan fingerprint density at radius 3 is 1.94 bits per heavy atom. The van der Waals surface area contributed by atoms with Crippen LogP contribution in [0, 0.1) is 0 Å². The van der Waals surface area contributed by atoms with E-state index in [2.05, 4.69) is 143 Å². The summed E-state index contributed by atoms with van der Waals surface area (Å²) < 4.78 is 5.85. The molecule has 0 saturated carbocycles. The van der Waals surface area contributed by atoms with Gasteiger partial charge in [0.15, 0.2) is 0 Å². The van der Waals surface area contributed by atoms with Gasteiger partial charge in [-0.2, -0.15) is 0 Å². The summed E-state index contributed by atoms with van der Waals surface area (Å²) in [6.45, 7) is 23.7. The number of rotatable bonds is 5. The maximum absolute atomic E-state index is 3.97. The number of benzene rings is 2. The Morgan fingerprint density at radius 1 is 0.879 bits per heavy atom. The highest BCUT2D eigenvalue weighted by molar-refractivity contribution is 9.10. The van der Waals surface area contributed by atoms with Crippen molar-refractivity contribution < 1.29 is 4.57 Å². The van der Waals surface area contributed by atoms with E-state index in [0.717, 1.165) is 6.54 Å². The molecular formula is C30H42BrN2+. The standard InChI is InChI=1S/C30H42BrN2/c1-20(2)24-12-11-13-25(21(3)4)28(24)33-15-14-32(19-33)18-22-16-23(29(5,6)7)17-26(27(22)31)30(8,9)10/h11-17,19-21H,18H2,1-10H3/q+1. The molecule has 0 unspecified atom stereocenters. The lowest BCUT2D eigenvalue weighted by molar-refractivity contribution is -0.687. The normalized spacial score (nSPS) is 12.8. The first kappa shape index (κ1) is 25.7. The topological polar surface area (TPSA) is 8.81 Å². The Bertz CT molecular complexity index is 1090. The highest BCUT2D eigenvalue weighted by Gasteiger charge is 2.25. The summed E-state index contributed by atoms with van der Waals surface area (Å²) in [6, 6.07) is 11.5. The third-order valence-corrected chi connectivity index (χ3v) is 7.40. The third-order valence-electron chi connectivity index (χ3n) is 6.47. The molecule has 1 aromatic heterocycles. The van der Waals surface area contributed by atoms with Gasteiger partial charge in [0.1, 0.15) is 24.6 Å². The van der Waals surface area contributed by atoms with Crippen molar-refractivity contribution in [2.24, 2.45) is 0 Å².